The van der Waals surface area contributed by atoms with E-state index in [0.29, 0.717) is 23.9 Å². The van der Waals surface area contributed by atoms with Crippen LogP contribution in [0, 0.1) is 0 Å². The minimum absolute atomic E-state index is 0.0767. The number of carbonyl (C=O) groups excluding carboxylic acids is 1. The SMILES string of the molecule is CC1CC(NC(=O)c2coc(CN)c2)CCN1Cc1ccccc1. The van der Waals surface area contributed by atoms with E-state index < -0.39 is 0 Å². The van der Waals surface area contributed by atoms with Crippen LogP contribution in [0.1, 0.15) is 41.4 Å². The van der Waals surface area contributed by atoms with Gasteiger partial charge in [-0.3, -0.25) is 9.69 Å². The Kier molecular flexibility index (Phi) is 5.33. The Morgan fingerprint density at radius 2 is 2.17 bits per heavy atom. The molecule has 1 aromatic heterocycles. The third-order valence-corrected chi connectivity index (χ3v) is 4.69. The summed E-state index contributed by atoms with van der Waals surface area (Å²) in [5.74, 6) is 0.554. The maximum Gasteiger partial charge on any atom is 0.254 e. The molecule has 0 saturated carbocycles. The monoisotopic (exact) mass is 327 g/mol. The van der Waals surface area contributed by atoms with Crippen molar-refractivity contribution in [1.82, 2.24) is 10.2 Å². The molecular weight excluding hydrogens is 302 g/mol. The fourth-order valence-electron chi connectivity index (χ4n) is 3.28. The van der Waals surface area contributed by atoms with Crippen molar-refractivity contribution in [2.24, 2.45) is 5.73 Å². The zero-order valence-corrected chi connectivity index (χ0v) is 14.1. The highest BCUT2D eigenvalue weighted by Crippen LogP contribution is 2.20. The molecule has 128 valence electrons. The van der Waals surface area contributed by atoms with Gasteiger partial charge in [-0.2, -0.15) is 0 Å². The van der Waals surface area contributed by atoms with Crippen LogP contribution < -0.4 is 11.1 Å². The fourth-order valence-corrected chi connectivity index (χ4v) is 3.28. The highest BCUT2D eigenvalue weighted by molar-refractivity contribution is 5.94. The molecule has 2 unspecified atom stereocenters. The first-order valence-corrected chi connectivity index (χ1v) is 8.52. The lowest BCUT2D eigenvalue weighted by atomic mass is 9.97. The van der Waals surface area contributed by atoms with Gasteiger partial charge >= 0.3 is 0 Å². The zero-order chi connectivity index (χ0) is 16.9. The second-order valence-corrected chi connectivity index (χ2v) is 6.51. The third kappa shape index (κ3) is 4.04. The number of rotatable bonds is 5. The number of nitrogens with two attached hydrogens (primary N) is 1. The Bertz CT molecular complexity index is 668. The van der Waals surface area contributed by atoms with Crippen molar-refractivity contribution in [3.8, 4) is 0 Å². The minimum atomic E-state index is -0.0767. The van der Waals surface area contributed by atoms with Crippen LogP contribution in [-0.4, -0.2) is 29.4 Å². The molecule has 5 nitrogen and oxygen atoms in total. The number of likely N-dealkylation sites (tertiary alicyclic amines) is 1. The van der Waals surface area contributed by atoms with Gasteiger partial charge in [-0.25, -0.2) is 0 Å². The van der Waals surface area contributed by atoms with Crippen LogP contribution >= 0.6 is 0 Å². The Labute approximate surface area is 142 Å². The van der Waals surface area contributed by atoms with Gasteiger partial charge in [-0.15, -0.1) is 0 Å². The highest BCUT2D eigenvalue weighted by Gasteiger charge is 2.26. The van der Waals surface area contributed by atoms with Crippen LogP contribution in [0.25, 0.3) is 0 Å². The molecule has 2 heterocycles. The Morgan fingerprint density at radius 3 is 2.83 bits per heavy atom. The molecule has 1 amide bonds. The summed E-state index contributed by atoms with van der Waals surface area (Å²) >= 11 is 0. The van der Waals surface area contributed by atoms with Crippen molar-refractivity contribution < 1.29 is 9.21 Å². The molecule has 3 rings (SSSR count). The number of piperidine rings is 1. The van der Waals surface area contributed by atoms with E-state index in [4.69, 9.17) is 10.2 Å². The number of benzene rings is 1. The van der Waals surface area contributed by atoms with Gasteiger partial charge in [0.25, 0.3) is 5.91 Å². The van der Waals surface area contributed by atoms with Crippen LogP contribution in [-0.2, 0) is 13.1 Å². The number of nitrogens with one attached hydrogen (secondary N) is 1. The summed E-state index contributed by atoms with van der Waals surface area (Å²) in [5.41, 5.74) is 7.40. The first-order chi connectivity index (χ1) is 11.7. The van der Waals surface area contributed by atoms with Crippen molar-refractivity contribution in [3.05, 3.63) is 59.5 Å². The van der Waals surface area contributed by atoms with Gasteiger partial charge < -0.3 is 15.5 Å². The average molecular weight is 327 g/mol. The molecule has 1 saturated heterocycles. The molecule has 3 N–H and O–H groups in total. The Hall–Kier alpha value is -2.11. The molecule has 0 spiro atoms. The minimum Gasteiger partial charge on any atom is -0.467 e. The molecule has 2 aromatic rings. The van der Waals surface area contributed by atoms with Crippen molar-refractivity contribution in [1.29, 1.82) is 0 Å². The predicted molar refractivity (Wildman–Crippen MR) is 93.4 cm³/mol. The summed E-state index contributed by atoms with van der Waals surface area (Å²) in [7, 11) is 0. The second kappa shape index (κ2) is 7.64. The van der Waals surface area contributed by atoms with E-state index >= 15 is 0 Å². The molecule has 5 heteroatoms. The van der Waals surface area contributed by atoms with Gasteiger partial charge in [0.2, 0.25) is 0 Å². The standard InChI is InChI=1S/C19H25N3O2/c1-14-9-17(21-19(23)16-10-18(11-20)24-13-16)7-8-22(14)12-15-5-3-2-4-6-15/h2-6,10,13-14,17H,7-9,11-12,20H2,1H3,(H,21,23). The van der Waals surface area contributed by atoms with Crippen molar-refractivity contribution in [2.75, 3.05) is 6.54 Å². The van der Waals surface area contributed by atoms with Crippen LogP contribution in [0.2, 0.25) is 0 Å². The zero-order valence-electron chi connectivity index (χ0n) is 14.1. The van der Waals surface area contributed by atoms with E-state index in [1.54, 1.807) is 6.07 Å². The second-order valence-electron chi connectivity index (χ2n) is 6.51. The van der Waals surface area contributed by atoms with Crippen LogP contribution in [0.5, 0.6) is 0 Å². The quantitative estimate of drug-likeness (QED) is 0.885. The lowest BCUT2D eigenvalue weighted by Crippen LogP contribution is -2.48. The smallest absolute Gasteiger partial charge is 0.254 e. The average Bonchev–Trinajstić information content (AvgIpc) is 3.08. The van der Waals surface area contributed by atoms with Gasteiger partial charge in [0.15, 0.2) is 0 Å². The van der Waals surface area contributed by atoms with Crippen molar-refractivity contribution in [2.45, 2.75) is 44.9 Å². The number of furan rings is 1. The van der Waals surface area contributed by atoms with Gasteiger partial charge in [0.1, 0.15) is 12.0 Å². The Morgan fingerprint density at radius 1 is 1.38 bits per heavy atom. The summed E-state index contributed by atoms with van der Waals surface area (Å²) in [6.07, 6.45) is 3.40. The number of hydrogen-bond acceptors (Lipinski definition) is 4. The molecule has 24 heavy (non-hydrogen) atoms. The normalized spacial score (nSPS) is 21.6. The lowest BCUT2D eigenvalue weighted by Gasteiger charge is -2.38. The number of nitrogens with zero attached hydrogens (tertiary/aromatic N) is 1. The van der Waals surface area contributed by atoms with Crippen LogP contribution in [0.3, 0.4) is 0 Å². The first kappa shape index (κ1) is 16.7. The van der Waals surface area contributed by atoms with E-state index in [1.807, 2.05) is 6.07 Å². The topological polar surface area (TPSA) is 71.5 Å². The molecule has 0 bridgehead atoms. The van der Waals surface area contributed by atoms with Gasteiger partial charge in [0.05, 0.1) is 12.1 Å². The van der Waals surface area contributed by atoms with Crippen LogP contribution in [0.4, 0.5) is 0 Å². The molecular formula is C19H25N3O2. The lowest BCUT2D eigenvalue weighted by molar-refractivity contribution is 0.0866. The van der Waals surface area contributed by atoms with E-state index in [9.17, 15) is 4.79 Å². The van der Waals surface area contributed by atoms with E-state index in [1.165, 1.54) is 11.8 Å². The first-order valence-electron chi connectivity index (χ1n) is 8.52. The van der Waals surface area contributed by atoms with E-state index in [-0.39, 0.29) is 11.9 Å². The molecule has 1 aromatic carbocycles. The molecule has 0 radical (unpaired) electrons. The summed E-state index contributed by atoms with van der Waals surface area (Å²) in [6, 6.07) is 12.9. The molecule has 2 atom stereocenters. The summed E-state index contributed by atoms with van der Waals surface area (Å²) in [6.45, 7) is 4.48. The summed E-state index contributed by atoms with van der Waals surface area (Å²) in [4.78, 5) is 14.8. The molecule has 1 aliphatic rings. The van der Waals surface area contributed by atoms with Crippen LogP contribution in [0.15, 0.2) is 47.1 Å². The van der Waals surface area contributed by atoms with Gasteiger partial charge in [-0.05, 0) is 31.4 Å². The molecule has 0 aliphatic carbocycles. The van der Waals surface area contributed by atoms with E-state index in [0.717, 1.165) is 25.9 Å². The molecule has 1 aliphatic heterocycles. The summed E-state index contributed by atoms with van der Waals surface area (Å²) < 4.78 is 5.23. The summed E-state index contributed by atoms with van der Waals surface area (Å²) in [5, 5.41) is 3.12. The third-order valence-electron chi connectivity index (χ3n) is 4.69. The number of hydrogen-bond donors (Lipinski definition) is 2. The van der Waals surface area contributed by atoms with Crippen molar-refractivity contribution >= 4 is 5.91 Å². The Balaban J connectivity index is 1.52. The maximum atomic E-state index is 12.3. The number of carbonyl (C=O) groups is 1. The largest absolute Gasteiger partial charge is 0.467 e. The highest BCUT2D eigenvalue weighted by atomic mass is 16.3. The predicted octanol–water partition coefficient (Wildman–Crippen LogP) is 2.52. The van der Waals surface area contributed by atoms with E-state index in [2.05, 4.69) is 41.4 Å². The maximum absolute atomic E-state index is 12.3. The fraction of sp³-hybridized carbons (Fsp3) is 0.421. The van der Waals surface area contributed by atoms with Gasteiger partial charge in [-0.1, -0.05) is 30.3 Å². The number of amides is 1. The molecule has 1 fully saturated rings. The van der Waals surface area contributed by atoms with Gasteiger partial charge in [0, 0.05) is 25.2 Å². The van der Waals surface area contributed by atoms with Crippen molar-refractivity contribution in [3.63, 3.8) is 0 Å².